The Morgan fingerprint density at radius 1 is 0.250 bits per heavy atom. The molecule has 29 aromatic carbocycles. The summed E-state index contributed by atoms with van der Waals surface area (Å²) in [6, 6.07) is 9.15. The molecule has 3 spiro atoms. The van der Waals surface area contributed by atoms with Gasteiger partial charge in [-0.1, -0.05) is 30.3 Å². The standard InChI is InChI=1S/C71H8O/c1-7-6-69(9-5-3-2-4-8(9)68(7)72)70-64-56-48-38-28-20-12-10-11-14-18-16(12)24-32-26(18)36-30-22(14)23-15(11)19-17-13(10)21(20)29-35-25(17)33-27(19)37-31(23)41-40(30)50-44(36)54-46(32)52(42(48)34(24)28)60(64)62(54)66-58(50)59-51(41)45(37)55-47(33)53-43(35)49(39(29)38)57(56)65(70)61(53)63(55)67(59)71(66,69)70/h2-6H,1H3. The van der Waals surface area contributed by atoms with Gasteiger partial charge < -0.3 is 0 Å². The molecule has 1 heteroatoms. The lowest BCUT2D eigenvalue weighted by Gasteiger charge is -2.32. The van der Waals surface area contributed by atoms with E-state index in [1.54, 1.807) is 313 Å². The molecule has 0 unspecified atom stereocenters. The molecule has 1 fully saturated rings. The number of hydrogen-bond donors (Lipinski definition) is 0. The largest absolute Gasteiger partial charge is 0.289 e. The third kappa shape index (κ3) is 1.31. The Labute approximate surface area is 391 Å². The van der Waals surface area contributed by atoms with E-state index in [2.05, 4.69) is 37.3 Å². The van der Waals surface area contributed by atoms with Gasteiger partial charge in [0.15, 0.2) is 5.78 Å². The number of fused-ring (bicyclic) bond motifs is 2. The van der Waals surface area contributed by atoms with Gasteiger partial charge in [0.1, 0.15) is 0 Å². The van der Waals surface area contributed by atoms with E-state index in [1.807, 2.05) is 0 Å². The van der Waals surface area contributed by atoms with E-state index >= 15 is 4.79 Å². The fourth-order valence-electron chi connectivity index (χ4n) is 27.0. The van der Waals surface area contributed by atoms with Crippen molar-refractivity contribution in [3.8, 4) is 0 Å². The third-order valence-electron chi connectivity index (χ3n) is 26.8. The van der Waals surface area contributed by atoms with Crippen LogP contribution in [0, 0.1) is 0 Å². The lowest BCUT2D eigenvalue weighted by atomic mass is 9.68. The molecule has 0 atom stereocenters. The maximum Gasteiger partial charge on any atom is 0.188 e. The minimum Gasteiger partial charge on any atom is -0.289 e. The molecule has 0 aliphatic heterocycles. The van der Waals surface area contributed by atoms with Crippen molar-refractivity contribution in [2.75, 3.05) is 0 Å². The first-order valence-corrected chi connectivity index (χ1v) is 26.9. The fourth-order valence-corrected chi connectivity index (χ4v) is 27.0. The van der Waals surface area contributed by atoms with Gasteiger partial charge in [-0.15, -0.1) is 0 Å². The summed E-state index contributed by atoms with van der Waals surface area (Å²) in [4.78, 5) is 15.1. The number of carbonyl (C=O) groups excluding carboxylic acids is 1. The number of hydrogen-bond acceptors (Lipinski definition) is 1. The molecule has 0 N–H and O–H groups in total. The van der Waals surface area contributed by atoms with Crippen LogP contribution in [-0.2, 0) is 16.2 Å². The number of ketones is 1. The third-order valence-corrected chi connectivity index (χ3v) is 26.8. The first-order chi connectivity index (χ1) is 35.8. The number of Topliss-reactive ketones (excluding diaryl/α,β-unsaturated/α-hetero) is 1. The van der Waals surface area contributed by atoms with E-state index < -0.39 is 16.2 Å². The second kappa shape index (κ2) is 5.79. The Balaban J connectivity index is 1.16. The molecule has 0 heterocycles. The molecular formula is C71H8O. The number of rotatable bonds is 0. The Hall–Kier alpha value is -8.91. The zero-order valence-electron chi connectivity index (χ0n) is 36.8. The predicted molar refractivity (Wildman–Crippen MR) is 300 cm³/mol. The van der Waals surface area contributed by atoms with Crippen molar-refractivity contribution in [1.82, 2.24) is 0 Å². The van der Waals surface area contributed by atoms with E-state index in [1.165, 1.54) is 5.56 Å². The van der Waals surface area contributed by atoms with Crippen LogP contribution in [0.3, 0.4) is 0 Å². The van der Waals surface area contributed by atoms with E-state index in [0.717, 1.165) is 11.1 Å². The first-order valence-electron chi connectivity index (χ1n) is 26.9. The van der Waals surface area contributed by atoms with E-state index in [4.69, 9.17) is 0 Å². The van der Waals surface area contributed by atoms with Crippen molar-refractivity contribution < 1.29 is 4.79 Å². The Bertz CT molecular complexity index is 7110. The second-order valence-corrected chi connectivity index (χ2v) is 26.8. The predicted octanol–water partition coefficient (Wildman–Crippen LogP) is 18.4. The number of carbonyl (C=O) groups is 1. The zero-order valence-corrected chi connectivity index (χ0v) is 36.8. The molecule has 0 bridgehead atoms. The quantitative estimate of drug-likeness (QED) is 0.139. The normalized spacial score (nSPS) is 24.7. The second-order valence-electron chi connectivity index (χ2n) is 26.8. The van der Waals surface area contributed by atoms with E-state index in [9.17, 15) is 0 Å². The van der Waals surface area contributed by atoms with Gasteiger partial charge in [0, 0.05) is 11.0 Å². The van der Waals surface area contributed by atoms with Crippen LogP contribution in [-0.4, -0.2) is 5.78 Å². The number of benzene rings is 19. The van der Waals surface area contributed by atoms with Gasteiger partial charge in [-0.3, -0.25) is 4.79 Å². The highest BCUT2D eigenvalue weighted by atomic mass is 16.1. The van der Waals surface area contributed by atoms with Crippen LogP contribution in [0.4, 0.5) is 0 Å². The van der Waals surface area contributed by atoms with Gasteiger partial charge in [-0.05, 0) is 331 Å². The summed E-state index contributed by atoms with van der Waals surface area (Å²) in [5.74, 6) is 0.227. The lowest BCUT2D eigenvalue weighted by Crippen LogP contribution is -2.27. The van der Waals surface area contributed by atoms with Crippen molar-refractivity contribution in [2.24, 2.45) is 0 Å². The van der Waals surface area contributed by atoms with Crippen LogP contribution in [0.5, 0.6) is 0 Å². The molecule has 0 radical (unpaired) electrons. The fraction of sp³-hybridized carbons (Fsp3) is 0.0563. The van der Waals surface area contributed by atoms with E-state index in [-0.39, 0.29) is 5.78 Å². The molecule has 29 aromatic rings. The van der Waals surface area contributed by atoms with E-state index in [0.29, 0.717) is 0 Å². The maximum atomic E-state index is 15.1. The highest BCUT2D eigenvalue weighted by Gasteiger charge is 2.94. The smallest absolute Gasteiger partial charge is 0.188 e. The molecule has 0 aromatic heterocycles. The molecule has 6 aliphatic carbocycles. The molecule has 0 amide bonds. The van der Waals surface area contributed by atoms with Crippen molar-refractivity contribution in [3.63, 3.8) is 0 Å². The van der Waals surface area contributed by atoms with Crippen molar-refractivity contribution in [2.45, 2.75) is 23.2 Å². The molecule has 72 heavy (non-hydrogen) atoms. The van der Waals surface area contributed by atoms with Gasteiger partial charge in [-0.2, -0.15) is 0 Å². The SMILES string of the molecule is CC1=CC2(c3ccccc3C1=O)C13c4c5c6c7c8c9c(c%10c%11c1c1c4c4c%12c5c5c6c6c8c8c%13c9c9c%10c%10c%11c%11c1c1c4c4c%12c%12c5c5c6c8c6c8c%13c9c9c%10c%10c%11c1c1c4c4c%12c5c6c5c8c9c%10c1c45)C723. The van der Waals surface area contributed by atoms with Gasteiger partial charge in [0.05, 0.1) is 10.8 Å². The summed E-state index contributed by atoms with van der Waals surface area (Å²) in [6.07, 6.45) is 2.67. The highest BCUT2D eigenvalue weighted by molar-refractivity contribution is 6.82. The van der Waals surface area contributed by atoms with Crippen LogP contribution in [0.2, 0.25) is 0 Å². The summed E-state index contributed by atoms with van der Waals surface area (Å²) >= 11 is 0. The molecule has 298 valence electrons. The highest BCUT2D eigenvalue weighted by Crippen LogP contribution is 2.97. The summed E-state index contributed by atoms with van der Waals surface area (Å²) in [7, 11) is 0. The van der Waals surface area contributed by atoms with Crippen molar-refractivity contribution in [3.05, 3.63) is 69.3 Å². The monoisotopic (exact) mass is 876 g/mol. The summed E-state index contributed by atoms with van der Waals surface area (Å²) < 4.78 is 0. The van der Waals surface area contributed by atoms with Crippen LogP contribution < -0.4 is 0 Å². The first kappa shape index (κ1) is 26.3. The molecule has 35 rings (SSSR count). The average molecular weight is 877 g/mol. The Morgan fingerprint density at radius 2 is 0.431 bits per heavy atom. The Kier molecular flexibility index (Phi) is 2.12. The summed E-state index contributed by atoms with van der Waals surface area (Å²) in [6.45, 7) is 2.20. The van der Waals surface area contributed by atoms with Crippen LogP contribution in [0.15, 0.2) is 35.9 Å². The zero-order chi connectivity index (χ0) is 42.8. The minimum absolute atomic E-state index is 0.227. The van der Waals surface area contributed by atoms with Crippen LogP contribution >= 0.6 is 0 Å². The number of allylic oxidation sites excluding steroid dienone is 2. The van der Waals surface area contributed by atoms with Crippen LogP contribution in [0.25, 0.3) is 291 Å². The Morgan fingerprint density at radius 3 is 0.639 bits per heavy atom. The van der Waals surface area contributed by atoms with Crippen molar-refractivity contribution >= 4 is 297 Å². The van der Waals surface area contributed by atoms with Gasteiger partial charge >= 0.3 is 0 Å². The average Bonchev–Trinajstić information content (AvgIpc) is 4.43. The molecule has 1 saturated carbocycles. The maximum absolute atomic E-state index is 15.1. The molecule has 6 aliphatic rings. The topological polar surface area (TPSA) is 17.1 Å². The summed E-state index contributed by atoms with van der Waals surface area (Å²) in [5.41, 5.74) is 8.67. The lowest BCUT2D eigenvalue weighted by molar-refractivity contribution is 0.102. The minimum atomic E-state index is -0.473. The van der Waals surface area contributed by atoms with Crippen LogP contribution in [0.1, 0.15) is 45.1 Å². The van der Waals surface area contributed by atoms with Gasteiger partial charge in [-0.25, -0.2) is 0 Å². The molecule has 0 saturated heterocycles. The molecular weight excluding hydrogens is 869 g/mol. The van der Waals surface area contributed by atoms with Crippen molar-refractivity contribution in [1.29, 1.82) is 0 Å². The molecule has 1 nitrogen and oxygen atoms in total. The van der Waals surface area contributed by atoms with Gasteiger partial charge in [0.2, 0.25) is 0 Å². The van der Waals surface area contributed by atoms with Gasteiger partial charge in [0.25, 0.3) is 0 Å². The summed E-state index contributed by atoms with van der Waals surface area (Å²) in [5, 5.41) is 88.1.